The summed E-state index contributed by atoms with van der Waals surface area (Å²) in [5, 5.41) is 12.7. The number of nitrogens with zero attached hydrogens (tertiary/aromatic N) is 1. The minimum Gasteiger partial charge on any atom is -0.494 e. The zero-order valence-corrected chi connectivity index (χ0v) is 24.6. The summed E-state index contributed by atoms with van der Waals surface area (Å²) in [7, 11) is 3.96. The molecule has 1 aliphatic heterocycles. The number of hydrogen-bond acceptors (Lipinski definition) is 10. The number of amides is 2. The molecule has 238 valence electrons. The fraction of sp³-hybridized carbons (Fsp3) is 0.290. The number of carbonyl (C=O) groups excluding carboxylic acids is 3. The Kier molecular flexibility index (Phi) is 10.5. The van der Waals surface area contributed by atoms with Gasteiger partial charge in [0.25, 0.3) is 5.91 Å². The van der Waals surface area contributed by atoms with Crippen LogP contribution in [0.5, 0.6) is 17.2 Å². The fourth-order valence-corrected chi connectivity index (χ4v) is 4.75. The summed E-state index contributed by atoms with van der Waals surface area (Å²) in [6, 6.07) is 16.1. The Morgan fingerprint density at radius 3 is 2.16 bits per heavy atom. The first-order chi connectivity index (χ1) is 21.6. The summed E-state index contributed by atoms with van der Waals surface area (Å²) >= 11 is 0. The van der Waals surface area contributed by atoms with Gasteiger partial charge in [0, 0.05) is 26.2 Å². The number of esters is 1. The van der Waals surface area contributed by atoms with Gasteiger partial charge >= 0.3 is 12.1 Å². The largest absolute Gasteiger partial charge is 0.494 e. The Balaban J connectivity index is 1.77. The first-order valence-electron chi connectivity index (χ1n) is 13.5. The number of ether oxygens (including phenoxy) is 6. The van der Waals surface area contributed by atoms with Gasteiger partial charge < -0.3 is 38.8 Å². The van der Waals surface area contributed by atoms with Crippen LogP contribution >= 0.6 is 0 Å². The predicted molar refractivity (Wildman–Crippen MR) is 154 cm³/mol. The van der Waals surface area contributed by atoms with E-state index in [1.807, 2.05) is 0 Å². The normalized spacial score (nSPS) is 17.3. The predicted octanol–water partition coefficient (Wildman–Crippen LogP) is 3.72. The molecule has 0 aromatic heterocycles. The van der Waals surface area contributed by atoms with Crippen LogP contribution in [0.25, 0.3) is 0 Å². The molecular formula is C31H31FN2O11. The Bertz CT molecular complexity index is 1530. The minimum absolute atomic E-state index is 0.0309. The van der Waals surface area contributed by atoms with Crippen molar-refractivity contribution in [2.45, 2.75) is 18.2 Å². The van der Waals surface area contributed by atoms with Crippen LogP contribution in [-0.4, -0.2) is 87.0 Å². The highest BCUT2D eigenvalue weighted by Gasteiger charge is 2.55. The number of hydrogen-bond donors (Lipinski definition) is 2. The number of benzene rings is 3. The SMILES string of the molecule is COCOc1ccc(C(=O)NC2(C(=O)c3c(OCOC)ccc(OC)c3F)CC(OC(=O)c3ccccc3)N(C(=O)O)C2)cc1. The van der Waals surface area contributed by atoms with Gasteiger partial charge in [0.2, 0.25) is 0 Å². The van der Waals surface area contributed by atoms with Gasteiger partial charge in [-0.2, -0.15) is 0 Å². The van der Waals surface area contributed by atoms with Gasteiger partial charge in [0.15, 0.2) is 37.2 Å². The lowest BCUT2D eigenvalue weighted by Gasteiger charge is -2.29. The standard InChI is InChI=1S/C31H31FN2O11/c1-40-17-43-21-11-9-19(10-12-21)28(36)33-31(27(35)25-22(44-18-41-2)13-14-23(42-3)26(25)32)15-24(34(16-31)30(38)39)45-29(37)20-7-5-4-6-8-20/h4-14,24H,15-18H2,1-3H3,(H,33,36)(H,38,39). The molecule has 3 aromatic carbocycles. The smallest absolute Gasteiger partial charge is 0.410 e. The summed E-state index contributed by atoms with van der Waals surface area (Å²) in [5.74, 6) is -4.01. The minimum atomic E-state index is -2.14. The maximum absolute atomic E-state index is 15.8. The third-order valence-corrected chi connectivity index (χ3v) is 6.90. The van der Waals surface area contributed by atoms with Crippen molar-refractivity contribution in [2.75, 3.05) is 41.5 Å². The van der Waals surface area contributed by atoms with Gasteiger partial charge in [-0.3, -0.25) is 14.5 Å². The molecule has 1 saturated heterocycles. The molecule has 2 unspecified atom stereocenters. The molecule has 4 rings (SSSR count). The number of carboxylic acid groups (broad SMARTS) is 1. The van der Waals surface area contributed by atoms with Gasteiger partial charge in [-0.05, 0) is 48.5 Å². The highest BCUT2D eigenvalue weighted by molar-refractivity contribution is 6.10. The molecule has 0 saturated carbocycles. The van der Waals surface area contributed by atoms with Crippen molar-refractivity contribution in [3.8, 4) is 17.2 Å². The lowest BCUT2D eigenvalue weighted by molar-refractivity contribution is -0.00847. The van der Waals surface area contributed by atoms with E-state index in [4.69, 9.17) is 28.4 Å². The first kappa shape index (κ1) is 32.7. The fourth-order valence-electron chi connectivity index (χ4n) is 4.75. The lowest BCUT2D eigenvalue weighted by Crippen LogP contribution is -2.56. The molecule has 1 heterocycles. The van der Waals surface area contributed by atoms with E-state index in [-0.39, 0.29) is 36.2 Å². The number of likely N-dealkylation sites (tertiary alicyclic amines) is 1. The number of halogens is 1. The van der Waals surface area contributed by atoms with Crippen molar-refractivity contribution in [2.24, 2.45) is 0 Å². The van der Waals surface area contributed by atoms with E-state index in [0.717, 1.165) is 0 Å². The summed E-state index contributed by atoms with van der Waals surface area (Å²) < 4.78 is 47.0. The molecule has 2 N–H and O–H groups in total. The molecule has 0 bridgehead atoms. The maximum Gasteiger partial charge on any atom is 0.410 e. The number of methoxy groups -OCH3 is 3. The van der Waals surface area contributed by atoms with E-state index in [0.29, 0.717) is 10.6 Å². The van der Waals surface area contributed by atoms with E-state index in [2.05, 4.69) is 5.32 Å². The molecule has 0 radical (unpaired) electrons. The average Bonchev–Trinajstić information content (AvgIpc) is 3.42. The number of ketones is 1. The topological polar surface area (TPSA) is 159 Å². The molecule has 3 aromatic rings. The summed E-state index contributed by atoms with van der Waals surface area (Å²) in [4.78, 5) is 54.0. The second-order valence-corrected chi connectivity index (χ2v) is 9.79. The third-order valence-electron chi connectivity index (χ3n) is 6.90. The van der Waals surface area contributed by atoms with Crippen molar-refractivity contribution >= 4 is 23.8 Å². The lowest BCUT2D eigenvalue weighted by atomic mass is 9.86. The quantitative estimate of drug-likeness (QED) is 0.162. The Labute approximate surface area is 257 Å². The van der Waals surface area contributed by atoms with Crippen LogP contribution in [0.2, 0.25) is 0 Å². The van der Waals surface area contributed by atoms with Crippen molar-refractivity contribution in [1.29, 1.82) is 0 Å². The number of carbonyl (C=O) groups is 4. The summed E-state index contributed by atoms with van der Waals surface area (Å²) in [5.41, 5.74) is -2.57. The Morgan fingerprint density at radius 1 is 0.889 bits per heavy atom. The Morgan fingerprint density at radius 2 is 1.53 bits per heavy atom. The van der Waals surface area contributed by atoms with Crippen LogP contribution in [0.15, 0.2) is 66.7 Å². The average molecular weight is 627 g/mol. The van der Waals surface area contributed by atoms with Crippen LogP contribution in [-0.2, 0) is 14.2 Å². The maximum atomic E-state index is 15.8. The first-order valence-corrected chi connectivity index (χ1v) is 13.5. The van der Waals surface area contributed by atoms with Crippen LogP contribution in [0.3, 0.4) is 0 Å². The van der Waals surface area contributed by atoms with Gasteiger partial charge in [0.05, 0.1) is 19.2 Å². The number of nitrogens with one attached hydrogen (secondary N) is 1. The molecule has 0 spiro atoms. The molecule has 2 amide bonds. The highest BCUT2D eigenvalue weighted by atomic mass is 19.1. The van der Waals surface area contributed by atoms with E-state index < -0.39 is 59.9 Å². The van der Waals surface area contributed by atoms with Crippen molar-refractivity contribution in [1.82, 2.24) is 10.2 Å². The van der Waals surface area contributed by atoms with Crippen molar-refractivity contribution < 1.29 is 57.1 Å². The van der Waals surface area contributed by atoms with E-state index in [9.17, 15) is 24.3 Å². The van der Waals surface area contributed by atoms with Crippen LogP contribution in [0.1, 0.15) is 37.5 Å². The molecular weight excluding hydrogens is 595 g/mol. The van der Waals surface area contributed by atoms with Gasteiger partial charge in [0.1, 0.15) is 22.6 Å². The molecule has 1 aliphatic rings. The zero-order chi connectivity index (χ0) is 32.6. The van der Waals surface area contributed by atoms with E-state index in [1.54, 1.807) is 18.2 Å². The molecule has 13 nitrogen and oxygen atoms in total. The summed E-state index contributed by atoms with van der Waals surface area (Å²) in [6.07, 6.45) is -3.65. The molecule has 45 heavy (non-hydrogen) atoms. The van der Waals surface area contributed by atoms with Crippen LogP contribution in [0.4, 0.5) is 9.18 Å². The van der Waals surface area contributed by atoms with Gasteiger partial charge in [-0.25, -0.2) is 14.0 Å². The van der Waals surface area contributed by atoms with Crippen LogP contribution in [0, 0.1) is 5.82 Å². The molecule has 1 fully saturated rings. The van der Waals surface area contributed by atoms with Crippen molar-refractivity contribution in [3.63, 3.8) is 0 Å². The third kappa shape index (κ3) is 7.30. The number of Topliss-reactive ketones (excluding diaryl/α,β-unsaturated/α-hetero) is 1. The second-order valence-electron chi connectivity index (χ2n) is 9.79. The highest BCUT2D eigenvalue weighted by Crippen LogP contribution is 2.38. The van der Waals surface area contributed by atoms with Crippen LogP contribution < -0.4 is 19.5 Å². The van der Waals surface area contributed by atoms with Crippen molar-refractivity contribution in [3.05, 3.63) is 89.2 Å². The number of rotatable bonds is 13. The van der Waals surface area contributed by atoms with E-state index in [1.165, 1.54) is 69.9 Å². The molecule has 0 aliphatic carbocycles. The van der Waals surface area contributed by atoms with Gasteiger partial charge in [-0.15, -0.1) is 0 Å². The second kappa shape index (κ2) is 14.5. The molecule has 2 atom stereocenters. The molecule has 14 heteroatoms. The zero-order valence-electron chi connectivity index (χ0n) is 24.6. The van der Waals surface area contributed by atoms with Gasteiger partial charge in [-0.1, -0.05) is 18.2 Å². The monoisotopic (exact) mass is 626 g/mol. The summed E-state index contributed by atoms with van der Waals surface area (Å²) in [6.45, 7) is -1.09. The van der Waals surface area contributed by atoms with E-state index >= 15 is 4.39 Å². The Hall–Kier alpha value is -5.21.